The van der Waals surface area contributed by atoms with E-state index in [1.54, 1.807) is 5.56 Å². The molecule has 98 valence electrons. The third-order valence-corrected chi connectivity index (χ3v) is 4.14. The van der Waals surface area contributed by atoms with E-state index >= 15 is 0 Å². The lowest BCUT2D eigenvalue weighted by atomic mass is 9.91. The maximum atomic E-state index is 3.63. The van der Waals surface area contributed by atoms with Crippen LogP contribution in [0.4, 0.5) is 0 Å². The standard InChI is InChI=1S/C15H20N2.ClH/c1-10-5-4-6-12-13-9-11(17(2)3)7-8-14(13)16-15(10)12;/h4-6,11,16H,7-9H2,1-3H3;1H. The molecule has 1 unspecified atom stereocenters. The van der Waals surface area contributed by atoms with Crippen molar-refractivity contribution in [1.29, 1.82) is 0 Å². The Kier molecular flexibility index (Phi) is 3.69. The van der Waals surface area contributed by atoms with Crippen LogP contribution in [-0.4, -0.2) is 30.0 Å². The van der Waals surface area contributed by atoms with Crippen molar-refractivity contribution in [3.05, 3.63) is 35.0 Å². The Bertz CT molecular complexity index is 557. The maximum Gasteiger partial charge on any atom is 0.0488 e. The summed E-state index contributed by atoms with van der Waals surface area (Å²) in [5.41, 5.74) is 5.72. The van der Waals surface area contributed by atoms with E-state index < -0.39 is 0 Å². The van der Waals surface area contributed by atoms with Crippen LogP contribution < -0.4 is 0 Å². The van der Waals surface area contributed by atoms with Gasteiger partial charge in [-0.05, 0) is 51.4 Å². The number of hydrogen-bond donors (Lipinski definition) is 1. The van der Waals surface area contributed by atoms with Gasteiger partial charge in [0.05, 0.1) is 0 Å². The summed E-state index contributed by atoms with van der Waals surface area (Å²) >= 11 is 0. The molecule has 0 fully saturated rings. The molecule has 1 aliphatic carbocycles. The van der Waals surface area contributed by atoms with Crippen LogP contribution >= 0.6 is 12.4 Å². The topological polar surface area (TPSA) is 19.0 Å². The molecule has 1 aromatic heterocycles. The van der Waals surface area contributed by atoms with Crippen LogP contribution in [0.15, 0.2) is 18.2 Å². The number of benzene rings is 1. The molecule has 3 rings (SSSR count). The number of H-pyrrole nitrogens is 1. The molecule has 0 aliphatic heterocycles. The van der Waals surface area contributed by atoms with Crippen molar-refractivity contribution < 1.29 is 0 Å². The first kappa shape index (κ1) is 13.4. The summed E-state index contributed by atoms with van der Waals surface area (Å²) in [7, 11) is 4.38. The van der Waals surface area contributed by atoms with Gasteiger partial charge in [0, 0.05) is 22.6 Å². The van der Waals surface area contributed by atoms with Crippen LogP contribution in [0, 0.1) is 6.92 Å². The van der Waals surface area contributed by atoms with Gasteiger partial charge in [-0.15, -0.1) is 12.4 Å². The van der Waals surface area contributed by atoms with Crippen LogP contribution in [0.2, 0.25) is 0 Å². The highest BCUT2D eigenvalue weighted by atomic mass is 35.5. The number of halogens is 1. The molecule has 1 heterocycles. The first-order chi connectivity index (χ1) is 8.16. The first-order valence-electron chi connectivity index (χ1n) is 6.42. The summed E-state index contributed by atoms with van der Waals surface area (Å²) in [6.45, 7) is 2.19. The van der Waals surface area contributed by atoms with E-state index in [2.05, 4.69) is 49.1 Å². The number of aromatic nitrogens is 1. The van der Waals surface area contributed by atoms with E-state index in [1.807, 2.05) is 0 Å². The van der Waals surface area contributed by atoms with Crippen molar-refractivity contribution in [3.8, 4) is 0 Å². The number of para-hydroxylation sites is 1. The molecule has 0 saturated carbocycles. The summed E-state index contributed by atoms with van der Waals surface area (Å²) in [6, 6.07) is 7.32. The van der Waals surface area contributed by atoms with Gasteiger partial charge in [-0.3, -0.25) is 0 Å². The minimum Gasteiger partial charge on any atom is -0.358 e. The molecule has 3 heteroatoms. The third kappa shape index (κ3) is 2.04. The lowest BCUT2D eigenvalue weighted by molar-refractivity contribution is 0.268. The second-order valence-corrected chi connectivity index (χ2v) is 5.44. The highest BCUT2D eigenvalue weighted by molar-refractivity contribution is 5.87. The number of nitrogens with one attached hydrogen (secondary N) is 1. The molecule has 0 spiro atoms. The lowest BCUT2D eigenvalue weighted by Crippen LogP contribution is -2.33. The highest BCUT2D eigenvalue weighted by Gasteiger charge is 2.23. The number of fused-ring (bicyclic) bond motifs is 3. The average Bonchev–Trinajstić information content (AvgIpc) is 2.68. The van der Waals surface area contributed by atoms with Crippen molar-refractivity contribution in [2.24, 2.45) is 0 Å². The van der Waals surface area contributed by atoms with E-state index in [0.29, 0.717) is 6.04 Å². The van der Waals surface area contributed by atoms with E-state index in [1.165, 1.54) is 41.4 Å². The van der Waals surface area contributed by atoms with Gasteiger partial charge in [0.15, 0.2) is 0 Å². The zero-order valence-electron chi connectivity index (χ0n) is 11.3. The van der Waals surface area contributed by atoms with Gasteiger partial charge in [-0.25, -0.2) is 0 Å². The average molecular weight is 265 g/mol. The molecule has 1 atom stereocenters. The van der Waals surface area contributed by atoms with Crippen LogP contribution in [0.3, 0.4) is 0 Å². The van der Waals surface area contributed by atoms with Crippen molar-refractivity contribution in [3.63, 3.8) is 0 Å². The molecule has 1 aliphatic rings. The molecular weight excluding hydrogens is 244 g/mol. The lowest BCUT2D eigenvalue weighted by Gasteiger charge is -2.28. The quantitative estimate of drug-likeness (QED) is 0.837. The molecule has 0 radical (unpaired) electrons. The molecule has 2 nitrogen and oxygen atoms in total. The van der Waals surface area contributed by atoms with E-state index in [9.17, 15) is 0 Å². The fourth-order valence-electron chi connectivity index (χ4n) is 3.01. The van der Waals surface area contributed by atoms with Gasteiger partial charge in [0.2, 0.25) is 0 Å². The molecule has 0 amide bonds. The number of aryl methyl sites for hydroxylation is 2. The Hall–Kier alpha value is -0.990. The molecule has 0 bridgehead atoms. The Labute approximate surface area is 115 Å². The minimum absolute atomic E-state index is 0. The van der Waals surface area contributed by atoms with Gasteiger partial charge in [-0.2, -0.15) is 0 Å². The zero-order chi connectivity index (χ0) is 12.0. The summed E-state index contributed by atoms with van der Waals surface area (Å²) < 4.78 is 0. The number of rotatable bonds is 1. The molecular formula is C15H21ClN2. The van der Waals surface area contributed by atoms with Gasteiger partial charge >= 0.3 is 0 Å². The molecule has 2 aromatic rings. The molecule has 1 N–H and O–H groups in total. The highest BCUT2D eigenvalue weighted by Crippen LogP contribution is 2.31. The Morgan fingerprint density at radius 3 is 2.78 bits per heavy atom. The molecule has 18 heavy (non-hydrogen) atoms. The number of hydrogen-bond acceptors (Lipinski definition) is 1. The largest absolute Gasteiger partial charge is 0.358 e. The predicted octanol–water partition coefficient (Wildman–Crippen LogP) is 3.32. The van der Waals surface area contributed by atoms with Gasteiger partial charge in [0.25, 0.3) is 0 Å². The Balaban J connectivity index is 0.00000120. The summed E-state index contributed by atoms with van der Waals surface area (Å²) in [4.78, 5) is 5.98. The predicted molar refractivity (Wildman–Crippen MR) is 79.8 cm³/mol. The maximum absolute atomic E-state index is 3.63. The van der Waals surface area contributed by atoms with Crippen molar-refractivity contribution >= 4 is 23.3 Å². The Morgan fingerprint density at radius 1 is 1.28 bits per heavy atom. The molecule has 0 saturated heterocycles. The van der Waals surface area contributed by atoms with Crippen LogP contribution in [0.5, 0.6) is 0 Å². The number of likely N-dealkylation sites (N-methyl/N-ethyl adjacent to an activating group) is 1. The summed E-state index contributed by atoms with van der Waals surface area (Å²) in [5.74, 6) is 0. The fraction of sp³-hybridized carbons (Fsp3) is 0.467. The smallest absolute Gasteiger partial charge is 0.0488 e. The summed E-state index contributed by atoms with van der Waals surface area (Å²) in [6.07, 6.45) is 3.64. The fourth-order valence-corrected chi connectivity index (χ4v) is 3.01. The second-order valence-electron chi connectivity index (χ2n) is 5.44. The SMILES string of the molecule is Cc1cccc2c3c([nH]c12)CCC(N(C)C)C3.Cl. The van der Waals surface area contributed by atoms with E-state index in [0.717, 1.165) is 0 Å². The van der Waals surface area contributed by atoms with Gasteiger partial charge < -0.3 is 9.88 Å². The van der Waals surface area contributed by atoms with Crippen LogP contribution in [-0.2, 0) is 12.8 Å². The van der Waals surface area contributed by atoms with Gasteiger partial charge in [-0.1, -0.05) is 18.2 Å². The number of aromatic amines is 1. The Morgan fingerprint density at radius 2 is 2.06 bits per heavy atom. The van der Waals surface area contributed by atoms with Crippen molar-refractivity contribution in [1.82, 2.24) is 9.88 Å². The van der Waals surface area contributed by atoms with Crippen molar-refractivity contribution in [2.75, 3.05) is 14.1 Å². The normalized spacial score (nSPS) is 18.8. The summed E-state index contributed by atoms with van der Waals surface area (Å²) in [5, 5.41) is 1.44. The minimum atomic E-state index is 0. The second kappa shape index (κ2) is 4.94. The van der Waals surface area contributed by atoms with Crippen LogP contribution in [0.1, 0.15) is 23.2 Å². The first-order valence-corrected chi connectivity index (χ1v) is 6.42. The zero-order valence-corrected chi connectivity index (χ0v) is 12.1. The number of nitrogens with zero attached hydrogens (tertiary/aromatic N) is 1. The van der Waals surface area contributed by atoms with E-state index in [-0.39, 0.29) is 12.4 Å². The van der Waals surface area contributed by atoms with E-state index in [4.69, 9.17) is 0 Å². The monoisotopic (exact) mass is 264 g/mol. The van der Waals surface area contributed by atoms with Crippen molar-refractivity contribution in [2.45, 2.75) is 32.2 Å². The van der Waals surface area contributed by atoms with Crippen LogP contribution in [0.25, 0.3) is 10.9 Å². The third-order valence-electron chi connectivity index (χ3n) is 4.14. The molecule has 1 aromatic carbocycles. The van der Waals surface area contributed by atoms with Gasteiger partial charge in [0.1, 0.15) is 0 Å².